The zero-order chi connectivity index (χ0) is 8.48. The normalized spacial score (nSPS) is 11.6. The van der Waals surface area contributed by atoms with Crippen molar-refractivity contribution in [2.24, 2.45) is 0 Å². The Morgan fingerprint density at radius 2 is 2.00 bits per heavy atom. The molecule has 0 fully saturated rings. The molecule has 0 aliphatic carbocycles. The largest absolute Gasteiger partial charge is 0.244 e. The Bertz CT molecular complexity index is 257. The summed E-state index contributed by atoms with van der Waals surface area (Å²) in [5.74, 6) is 0. The molecule has 1 aromatic rings. The molecule has 0 nitrogen and oxygen atoms in total. The van der Waals surface area contributed by atoms with Gasteiger partial charge in [-0.25, -0.2) is 4.39 Å². The molecule has 0 saturated heterocycles. The molecule has 0 heterocycles. The average molecular weight is 302 g/mol. The summed E-state index contributed by atoms with van der Waals surface area (Å²) in [5.41, 5.74) is 0.449. The highest BCUT2D eigenvalue weighted by Crippen LogP contribution is 2.39. The van der Waals surface area contributed by atoms with Crippen molar-refractivity contribution in [3.63, 3.8) is 0 Å². The van der Waals surface area contributed by atoms with E-state index in [1.54, 1.807) is 24.3 Å². The van der Waals surface area contributed by atoms with Crippen molar-refractivity contribution in [2.45, 2.75) is 3.49 Å². The molecule has 60 valence electrons. The predicted molar refractivity (Wildman–Crippen MR) is 52.1 cm³/mol. The Hall–Kier alpha value is 0.400. The van der Waals surface area contributed by atoms with E-state index < -0.39 is 3.49 Å². The van der Waals surface area contributed by atoms with Gasteiger partial charge in [0.2, 0.25) is 3.49 Å². The van der Waals surface area contributed by atoms with Crippen molar-refractivity contribution in [2.75, 3.05) is 0 Å². The van der Waals surface area contributed by atoms with E-state index in [0.29, 0.717) is 10.6 Å². The lowest BCUT2D eigenvalue weighted by Crippen LogP contribution is -1.98. The van der Waals surface area contributed by atoms with Crippen molar-refractivity contribution >= 4 is 43.5 Å². The van der Waals surface area contributed by atoms with Crippen LogP contribution in [-0.4, -0.2) is 0 Å². The molecular weight excluding hydrogens is 298 g/mol. The zero-order valence-corrected chi connectivity index (χ0v) is 9.25. The number of alkyl halides is 3. The Labute approximate surface area is 86.0 Å². The van der Waals surface area contributed by atoms with Crippen molar-refractivity contribution < 1.29 is 4.39 Å². The Morgan fingerprint density at radius 1 is 1.36 bits per heavy atom. The quantitative estimate of drug-likeness (QED) is 0.682. The molecule has 0 aliphatic rings. The van der Waals surface area contributed by atoms with E-state index >= 15 is 0 Å². The van der Waals surface area contributed by atoms with Gasteiger partial charge in [0.05, 0.1) is 0 Å². The second-order valence-corrected chi connectivity index (χ2v) is 5.69. The molecule has 0 bridgehead atoms. The number of rotatable bonds is 1. The molecule has 0 aliphatic heterocycles. The van der Waals surface area contributed by atoms with E-state index in [1.165, 1.54) is 0 Å². The van der Waals surface area contributed by atoms with Crippen LogP contribution in [0.15, 0.2) is 24.3 Å². The minimum Gasteiger partial charge on any atom is -0.213 e. The van der Waals surface area contributed by atoms with Crippen LogP contribution in [-0.2, 0) is 3.49 Å². The van der Waals surface area contributed by atoms with Gasteiger partial charge in [-0.05, 0) is 44.0 Å². The first kappa shape index (κ1) is 9.49. The maximum Gasteiger partial charge on any atom is 0.244 e. The highest BCUT2D eigenvalue weighted by atomic mass is 79.9. The second kappa shape index (κ2) is 3.42. The summed E-state index contributed by atoms with van der Waals surface area (Å²) in [5, 5.41) is 0.517. The molecule has 1 rings (SSSR count). The summed E-state index contributed by atoms with van der Waals surface area (Å²) < 4.78 is 11.4. The fourth-order valence-corrected chi connectivity index (χ4v) is 1.35. The van der Waals surface area contributed by atoms with Crippen molar-refractivity contribution in [1.29, 1.82) is 0 Å². The van der Waals surface area contributed by atoms with E-state index in [4.69, 9.17) is 11.6 Å². The number of hydrogen-bond donors (Lipinski definition) is 0. The van der Waals surface area contributed by atoms with Gasteiger partial charge >= 0.3 is 0 Å². The van der Waals surface area contributed by atoms with Gasteiger partial charge in [-0.1, -0.05) is 23.7 Å². The van der Waals surface area contributed by atoms with Crippen LogP contribution >= 0.6 is 43.5 Å². The molecule has 0 amide bonds. The van der Waals surface area contributed by atoms with Crippen LogP contribution in [0, 0.1) is 0 Å². The van der Waals surface area contributed by atoms with Crippen LogP contribution in [0.2, 0.25) is 5.02 Å². The lowest BCUT2D eigenvalue weighted by Gasteiger charge is -2.09. The lowest BCUT2D eigenvalue weighted by molar-refractivity contribution is 0.444. The molecule has 0 atom stereocenters. The van der Waals surface area contributed by atoms with Gasteiger partial charge in [0.15, 0.2) is 0 Å². The average Bonchev–Trinajstić information content (AvgIpc) is 1.86. The van der Waals surface area contributed by atoms with Gasteiger partial charge in [-0.15, -0.1) is 0 Å². The summed E-state index contributed by atoms with van der Waals surface area (Å²) in [4.78, 5) is 0. The smallest absolute Gasteiger partial charge is 0.213 e. The van der Waals surface area contributed by atoms with Crippen molar-refractivity contribution in [3.05, 3.63) is 34.9 Å². The first-order valence-electron chi connectivity index (χ1n) is 2.83. The second-order valence-electron chi connectivity index (χ2n) is 2.01. The maximum atomic E-state index is 13.1. The number of benzene rings is 1. The summed E-state index contributed by atoms with van der Waals surface area (Å²) in [6, 6.07) is 6.56. The van der Waals surface area contributed by atoms with Crippen molar-refractivity contribution in [3.8, 4) is 0 Å². The van der Waals surface area contributed by atoms with Crippen LogP contribution in [0.5, 0.6) is 0 Å². The van der Waals surface area contributed by atoms with E-state index in [0.717, 1.165) is 0 Å². The van der Waals surface area contributed by atoms with Gasteiger partial charge in [-0.2, -0.15) is 0 Å². The maximum absolute atomic E-state index is 13.1. The van der Waals surface area contributed by atoms with E-state index in [-0.39, 0.29) is 0 Å². The lowest BCUT2D eigenvalue weighted by atomic mass is 10.2. The first-order chi connectivity index (χ1) is 5.00. The topological polar surface area (TPSA) is 0 Å². The molecular formula is C7H4Br2ClF. The minimum atomic E-state index is -1.68. The van der Waals surface area contributed by atoms with Crippen LogP contribution in [0.1, 0.15) is 5.56 Å². The fourth-order valence-electron chi connectivity index (χ4n) is 0.665. The molecule has 11 heavy (non-hydrogen) atoms. The van der Waals surface area contributed by atoms with Gasteiger partial charge in [-0.3, -0.25) is 0 Å². The van der Waals surface area contributed by atoms with Crippen LogP contribution in [0.4, 0.5) is 4.39 Å². The zero-order valence-electron chi connectivity index (χ0n) is 5.32. The molecule has 4 heteroatoms. The SMILES string of the molecule is FC(Br)(Br)c1cccc(Cl)c1. The fraction of sp³-hybridized carbons (Fsp3) is 0.143. The summed E-state index contributed by atoms with van der Waals surface area (Å²) >= 11 is 11.3. The molecule has 0 spiro atoms. The number of hydrogen-bond acceptors (Lipinski definition) is 0. The van der Waals surface area contributed by atoms with E-state index in [2.05, 4.69) is 31.9 Å². The highest BCUT2D eigenvalue weighted by molar-refractivity contribution is 9.24. The molecule has 0 saturated carbocycles. The Kier molecular flexibility index (Phi) is 2.95. The molecule has 0 radical (unpaired) electrons. The van der Waals surface area contributed by atoms with Gasteiger partial charge in [0.25, 0.3) is 0 Å². The molecule has 1 aromatic carbocycles. The Morgan fingerprint density at radius 3 is 2.36 bits per heavy atom. The van der Waals surface area contributed by atoms with Crippen LogP contribution < -0.4 is 0 Å². The van der Waals surface area contributed by atoms with Crippen LogP contribution in [0.3, 0.4) is 0 Å². The van der Waals surface area contributed by atoms with Gasteiger partial charge in [0, 0.05) is 10.6 Å². The summed E-state index contributed by atoms with van der Waals surface area (Å²) in [6.07, 6.45) is 0. The van der Waals surface area contributed by atoms with E-state index in [9.17, 15) is 4.39 Å². The third-order valence-electron chi connectivity index (χ3n) is 1.15. The van der Waals surface area contributed by atoms with E-state index in [1.807, 2.05) is 0 Å². The van der Waals surface area contributed by atoms with Gasteiger partial charge < -0.3 is 0 Å². The third kappa shape index (κ3) is 2.73. The third-order valence-corrected chi connectivity index (χ3v) is 2.30. The monoisotopic (exact) mass is 300 g/mol. The minimum absolute atomic E-state index is 0.449. The molecule has 0 aromatic heterocycles. The molecule has 0 unspecified atom stereocenters. The summed E-state index contributed by atoms with van der Waals surface area (Å²) in [7, 11) is 0. The van der Waals surface area contributed by atoms with Crippen molar-refractivity contribution in [1.82, 2.24) is 0 Å². The molecule has 0 N–H and O–H groups in total. The number of halogens is 4. The Balaban J connectivity index is 3.06. The highest BCUT2D eigenvalue weighted by Gasteiger charge is 2.23. The first-order valence-corrected chi connectivity index (χ1v) is 4.79. The van der Waals surface area contributed by atoms with Gasteiger partial charge in [0.1, 0.15) is 0 Å². The van der Waals surface area contributed by atoms with Crippen LogP contribution in [0.25, 0.3) is 0 Å². The predicted octanol–water partition coefficient (Wildman–Crippen LogP) is 4.21. The standard InChI is InChI=1S/C7H4Br2ClF/c8-7(9,11)5-2-1-3-6(10)4-5/h1-4H. The summed E-state index contributed by atoms with van der Waals surface area (Å²) in [6.45, 7) is 0.